The monoisotopic (exact) mass is 238 g/mol. The zero-order valence-electron chi connectivity index (χ0n) is 9.46. The second-order valence-corrected chi connectivity index (χ2v) is 3.40. The van der Waals surface area contributed by atoms with Crippen molar-refractivity contribution in [2.75, 3.05) is 13.1 Å². The summed E-state index contributed by atoms with van der Waals surface area (Å²) in [7, 11) is 0. The van der Waals surface area contributed by atoms with Gasteiger partial charge in [-0.2, -0.15) is 0 Å². The number of aliphatic carboxylic acids is 1. The first-order chi connectivity index (χ1) is 8.06. The van der Waals surface area contributed by atoms with Crippen LogP contribution in [0.15, 0.2) is 18.3 Å². The van der Waals surface area contributed by atoms with Gasteiger partial charge >= 0.3 is 5.97 Å². The van der Waals surface area contributed by atoms with E-state index in [0.29, 0.717) is 6.54 Å². The van der Waals surface area contributed by atoms with Gasteiger partial charge in [-0.15, -0.1) is 0 Å². The van der Waals surface area contributed by atoms with Gasteiger partial charge in [0.1, 0.15) is 5.75 Å². The third kappa shape index (κ3) is 3.44. The standard InChI is InChI=1S/C11H14N2O4/c1-2-13(7-5-9(15)16)11(17)10-8(14)4-3-6-12-10/h3-4,6,14H,2,5,7H2,1H3,(H,15,16). The minimum Gasteiger partial charge on any atom is -0.505 e. The molecule has 0 aromatic carbocycles. The summed E-state index contributed by atoms with van der Waals surface area (Å²) < 4.78 is 0. The van der Waals surface area contributed by atoms with Gasteiger partial charge in [0, 0.05) is 19.3 Å². The van der Waals surface area contributed by atoms with E-state index in [0.717, 1.165) is 0 Å². The zero-order valence-corrected chi connectivity index (χ0v) is 9.46. The van der Waals surface area contributed by atoms with E-state index in [2.05, 4.69) is 4.98 Å². The molecule has 1 rings (SSSR count). The van der Waals surface area contributed by atoms with Gasteiger partial charge in [0.25, 0.3) is 5.91 Å². The van der Waals surface area contributed by atoms with Crippen molar-refractivity contribution in [3.05, 3.63) is 24.0 Å². The number of aromatic nitrogens is 1. The smallest absolute Gasteiger partial charge is 0.305 e. The molecule has 1 aromatic heterocycles. The number of carboxylic acid groups (broad SMARTS) is 1. The Labute approximate surface area is 98.5 Å². The molecule has 1 aromatic rings. The van der Waals surface area contributed by atoms with Crippen molar-refractivity contribution in [3.63, 3.8) is 0 Å². The molecule has 0 aliphatic carbocycles. The van der Waals surface area contributed by atoms with Gasteiger partial charge in [0.2, 0.25) is 0 Å². The number of hydrogen-bond acceptors (Lipinski definition) is 4. The Balaban J connectivity index is 2.79. The van der Waals surface area contributed by atoms with Gasteiger partial charge in [-0.25, -0.2) is 4.98 Å². The minimum atomic E-state index is -0.971. The summed E-state index contributed by atoms with van der Waals surface area (Å²) in [6.45, 7) is 2.20. The molecule has 0 atom stereocenters. The van der Waals surface area contributed by atoms with Gasteiger partial charge in [-0.05, 0) is 19.1 Å². The molecule has 0 unspecified atom stereocenters. The Morgan fingerprint density at radius 2 is 2.18 bits per heavy atom. The van der Waals surface area contributed by atoms with E-state index < -0.39 is 11.9 Å². The highest BCUT2D eigenvalue weighted by Gasteiger charge is 2.19. The molecule has 0 saturated heterocycles. The lowest BCUT2D eigenvalue weighted by Gasteiger charge is -2.19. The third-order valence-electron chi connectivity index (χ3n) is 2.25. The molecular formula is C11H14N2O4. The number of carbonyl (C=O) groups is 2. The van der Waals surface area contributed by atoms with Crippen LogP contribution in [0, 0.1) is 0 Å². The molecule has 0 aliphatic heterocycles. The molecule has 0 fully saturated rings. The molecule has 92 valence electrons. The van der Waals surface area contributed by atoms with E-state index in [9.17, 15) is 14.7 Å². The van der Waals surface area contributed by atoms with E-state index >= 15 is 0 Å². The average molecular weight is 238 g/mol. The molecule has 2 N–H and O–H groups in total. The van der Waals surface area contributed by atoms with Crippen LogP contribution in [0.2, 0.25) is 0 Å². The predicted octanol–water partition coefficient (Wildman–Crippen LogP) is 0.724. The first-order valence-electron chi connectivity index (χ1n) is 5.21. The molecule has 0 spiro atoms. The summed E-state index contributed by atoms with van der Waals surface area (Å²) in [5, 5.41) is 18.0. The fraction of sp³-hybridized carbons (Fsp3) is 0.364. The van der Waals surface area contributed by atoms with Crippen molar-refractivity contribution in [2.45, 2.75) is 13.3 Å². The lowest BCUT2D eigenvalue weighted by atomic mass is 10.2. The molecule has 6 heteroatoms. The van der Waals surface area contributed by atoms with Crippen LogP contribution in [-0.2, 0) is 4.79 Å². The van der Waals surface area contributed by atoms with Crippen molar-refractivity contribution in [1.29, 1.82) is 0 Å². The highest BCUT2D eigenvalue weighted by Crippen LogP contribution is 2.15. The van der Waals surface area contributed by atoms with Crippen LogP contribution in [0.1, 0.15) is 23.8 Å². The molecule has 0 saturated carbocycles. The molecule has 1 heterocycles. The van der Waals surface area contributed by atoms with Crippen molar-refractivity contribution in [3.8, 4) is 5.75 Å². The quantitative estimate of drug-likeness (QED) is 0.788. The second-order valence-electron chi connectivity index (χ2n) is 3.40. The highest BCUT2D eigenvalue weighted by atomic mass is 16.4. The summed E-state index contributed by atoms with van der Waals surface area (Å²) in [5.74, 6) is -1.64. The number of rotatable bonds is 5. The largest absolute Gasteiger partial charge is 0.505 e. The first-order valence-corrected chi connectivity index (χ1v) is 5.21. The lowest BCUT2D eigenvalue weighted by molar-refractivity contribution is -0.137. The lowest BCUT2D eigenvalue weighted by Crippen LogP contribution is -2.33. The topological polar surface area (TPSA) is 90.7 Å². The van der Waals surface area contributed by atoms with Crippen molar-refractivity contribution >= 4 is 11.9 Å². The van der Waals surface area contributed by atoms with Crippen LogP contribution in [0.4, 0.5) is 0 Å². The number of amides is 1. The van der Waals surface area contributed by atoms with Crippen LogP contribution >= 0.6 is 0 Å². The summed E-state index contributed by atoms with van der Waals surface area (Å²) in [6, 6.07) is 2.88. The second kappa shape index (κ2) is 5.83. The Bertz CT molecular complexity index is 420. The SMILES string of the molecule is CCN(CCC(=O)O)C(=O)c1ncccc1O. The number of hydrogen-bond donors (Lipinski definition) is 2. The summed E-state index contributed by atoms with van der Waals surface area (Å²) >= 11 is 0. The Kier molecular flexibility index (Phi) is 4.45. The Morgan fingerprint density at radius 1 is 1.47 bits per heavy atom. The van der Waals surface area contributed by atoms with Crippen LogP contribution < -0.4 is 0 Å². The van der Waals surface area contributed by atoms with E-state index in [1.807, 2.05) is 0 Å². The maximum absolute atomic E-state index is 11.9. The van der Waals surface area contributed by atoms with Gasteiger partial charge in [0.15, 0.2) is 5.69 Å². The fourth-order valence-corrected chi connectivity index (χ4v) is 1.35. The molecule has 0 bridgehead atoms. The van der Waals surface area contributed by atoms with Crippen LogP contribution in [0.5, 0.6) is 5.75 Å². The highest BCUT2D eigenvalue weighted by molar-refractivity contribution is 5.94. The van der Waals surface area contributed by atoms with Crippen LogP contribution in [0.25, 0.3) is 0 Å². The maximum atomic E-state index is 11.9. The number of pyridine rings is 1. The van der Waals surface area contributed by atoms with E-state index in [1.165, 1.54) is 23.2 Å². The van der Waals surface area contributed by atoms with Gasteiger partial charge in [-0.3, -0.25) is 9.59 Å². The normalized spacial score (nSPS) is 9.94. The van der Waals surface area contributed by atoms with E-state index in [1.54, 1.807) is 6.92 Å². The summed E-state index contributed by atoms with van der Waals surface area (Å²) in [5.41, 5.74) is -0.0558. The molecular weight excluding hydrogens is 224 g/mol. The van der Waals surface area contributed by atoms with Crippen molar-refractivity contribution in [2.24, 2.45) is 0 Å². The third-order valence-corrected chi connectivity index (χ3v) is 2.25. The van der Waals surface area contributed by atoms with E-state index in [-0.39, 0.29) is 24.4 Å². The molecule has 0 aliphatic rings. The van der Waals surface area contributed by atoms with Gasteiger partial charge in [0.05, 0.1) is 6.42 Å². The number of carbonyl (C=O) groups excluding carboxylic acids is 1. The zero-order chi connectivity index (χ0) is 12.8. The maximum Gasteiger partial charge on any atom is 0.305 e. The van der Waals surface area contributed by atoms with Crippen LogP contribution in [0.3, 0.4) is 0 Å². The molecule has 6 nitrogen and oxygen atoms in total. The number of nitrogens with zero attached hydrogens (tertiary/aromatic N) is 2. The minimum absolute atomic E-state index is 0.0558. The fourth-order valence-electron chi connectivity index (χ4n) is 1.35. The molecule has 0 radical (unpaired) electrons. The molecule has 1 amide bonds. The van der Waals surface area contributed by atoms with E-state index in [4.69, 9.17) is 5.11 Å². The average Bonchev–Trinajstić information content (AvgIpc) is 2.29. The predicted molar refractivity (Wildman–Crippen MR) is 59.7 cm³/mol. The van der Waals surface area contributed by atoms with Crippen molar-refractivity contribution in [1.82, 2.24) is 9.88 Å². The first kappa shape index (κ1) is 13.0. The van der Waals surface area contributed by atoms with Crippen molar-refractivity contribution < 1.29 is 19.8 Å². The Morgan fingerprint density at radius 3 is 2.71 bits per heavy atom. The molecule has 17 heavy (non-hydrogen) atoms. The van der Waals surface area contributed by atoms with Gasteiger partial charge in [-0.1, -0.05) is 0 Å². The number of carboxylic acids is 1. The summed E-state index contributed by atoms with van der Waals surface area (Å²) in [4.78, 5) is 27.5. The summed E-state index contributed by atoms with van der Waals surface area (Å²) in [6.07, 6.45) is 1.27. The van der Waals surface area contributed by atoms with Crippen LogP contribution in [-0.4, -0.2) is 45.1 Å². The number of aromatic hydroxyl groups is 1. The van der Waals surface area contributed by atoms with Gasteiger partial charge < -0.3 is 15.1 Å². The Hall–Kier alpha value is -2.11.